The van der Waals surface area contributed by atoms with Gasteiger partial charge in [0, 0.05) is 32.2 Å². The van der Waals surface area contributed by atoms with Crippen molar-refractivity contribution in [2.75, 3.05) is 37.6 Å². The van der Waals surface area contributed by atoms with Gasteiger partial charge in [-0.05, 0) is 68.8 Å². The summed E-state index contributed by atoms with van der Waals surface area (Å²) in [5.74, 6) is 0.645. The van der Waals surface area contributed by atoms with E-state index >= 15 is 0 Å². The van der Waals surface area contributed by atoms with E-state index in [9.17, 15) is 9.59 Å². The molecule has 1 aromatic heterocycles. The Balaban J connectivity index is 1.13. The number of piperazine rings is 1. The number of nitrogens with zero attached hydrogens (tertiary/aromatic N) is 3. The predicted molar refractivity (Wildman–Crippen MR) is 140 cm³/mol. The molecule has 1 saturated heterocycles. The summed E-state index contributed by atoms with van der Waals surface area (Å²) >= 11 is 12.6. The topological polar surface area (TPSA) is 61.3 Å². The summed E-state index contributed by atoms with van der Waals surface area (Å²) in [6.07, 6.45) is 5.04. The van der Waals surface area contributed by atoms with Crippen molar-refractivity contribution >= 4 is 39.8 Å². The molecular weight excluding hydrogens is 471 g/mol. The lowest BCUT2D eigenvalue weighted by Gasteiger charge is -2.37. The van der Waals surface area contributed by atoms with Crippen LogP contribution in [0.4, 0.5) is 5.69 Å². The first-order valence-corrected chi connectivity index (χ1v) is 12.9. The number of hydrogen-bond donors (Lipinski definition) is 1. The molecule has 2 heterocycles. The molecule has 180 valence electrons. The summed E-state index contributed by atoms with van der Waals surface area (Å²) in [4.78, 5) is 33.3. The highest BCUT2D eigenvalue weighted by molar-refractivity contribution is 6.43. The van der Waals surface area contributed by atoms with Gasteiger partial charge >= 0.3 is 5.69 Å². The zero-order valence-corrected chi connectivity index (χ0v) is 20.7. The lowest BCUT2D eigenvalue weighted by atomic mass is 9.84. The molecule has 2 fully saturated rings. The maximum Gasteiger partial charge on any atom is 0.329 e. The van der Waals surface area contributed by atoms with Crippen LogP contribution >= 0.6 is 23.2 Å². The molecule has 2 aliphatic rings. The zero-order chi connectivity index (χ0) is 23.7. The molecule has 8 heteroatoms. The molecule has 0 bridgehead atoms. The largest absolute Gasteiger partial charge is 0.368 e. The van der Waals surface area contributed by atoms with Crippen molar-refractivity contribution in [3.8, 4) is 0 Å². The van der Waals surface area contributed by atoms with Crippen LogP contribution in [0.15, 0.2) is 52.1 Å². The van der Waals surface area contributed by atoms with Gasteiger partial charge in [0.1, 0.15) is 0 Å². The first-order valence-electron chi connectivity index (χ1n) is 12.2. The molecule has 0 spiro atoms. The van der Waals surface area contributed by atoms with Crippen LogP contribution in [0.25, 0.3) is 10.9 Å². The molecule has 1 saturated carbocycles. The van der Waals surface area contributed by atoms with Crippen molar-refractivity contribution in [1.82, 2.24) is 14.5 Å². The number of halogens is 2. The second-order valence-electron chi connectivity index (χ2n) is 9.52. The molecular formula is C26H30Cl2N4O2. The fourth-order valence-corrected chi connectivity index (χ4v) is 5.93. The van der Waals surface area contributed by atoms with Crippen LogP contribution in [-0.2, 0) is 0 Å². The summed E-state index contributed by atoms with van der Waals surface area (Å²) in [7, 11) is 0. The van der Waals surface area contributed by atoms with E-state index in [1.807, 2.05) is 30.3 Å². The molecule has 2 aromatic carbocycles. The van der Waals surface area contributed by atoms with Crippen LogP contribution in [-0.4, -0.2) is 47.2 Å². The summed E-state index contributed by atoms with van der Waals surface area (Å²) in [6, 6.07) is 13.0. The number of nitrogens with one attached hydrogen (secondary N) is 1. The molecule has 6 nitrogen and oxygen atoms in total. The third-order valence-corrected chi connectivity index (χ3v) is 8.32. The minimum absolute atomic E-state index is 0.0110. The molecule has 0 radical (unpaired) electrons. The number of benzene rings is 2. The van der Waals surface area contributed by atoms with Gasteiger partial charge in [-0.3, -0.25) is 14.3 Å². The smallest absolute Gasteiger partial charge is 0.329 e. The van der Waals surface area contributed by atoms with E-state index < -0.39 is 0 Å². The van der Waals surface area contributed by atoms with Crippen LogP contribution in [0, 0.1) is 5.92 Å². The van der Waals surface area contributed by atoms with Crippen molar-refractivity contribution in [1.29, 1.82) is 0 Å². The Morgan fingerprint density at radius 3 is 2.38 bits per heavy atom. The van der Waals surface area contributed by atoms with Crippen LogP contribution in [0.5, 0.6) is 0 Å². The lowest BCUT2D eigenvalue weighted by molar-refractivity contribution is 0.203. The maximum atomic E-state index is 12.9. The Hall–Kier alpha value is -2.28. The number of aromatic nitrogens is 2. The fourth-order valence-electron chi connectivity index (χ4n) is 5.51. The SMILES string of the molecule is O=c1[nH]c2ccccc2c(=O)n1C1CCC(CCN2CCN(c3cccc(Cl)c3Cl)CC2)CC1. The molecule has 0 unspecified atom stereocenters. The molecule has 1 aliphatic carbocycles. The van der Waals surface area contributed by atoms with Crippen LogP contribution < -0.4 is 16.1 Å². The van der Waals surface area contributed by atoms with Gasteiger partial charge in [-0.2, -0.15) is 0 Å². The first-order chi connectivity index (χ1) is 16.5. The number of rotatable bonds is 5. The molecule has 0 atom stereocenters. The minimum atomic E-state index is -0.287. The summed E-state index contributed by atoms with van der Waals surface area (Å²) < 4.78 is 1.46. The second-order valence-corrected chi connectivity index (χ2v) is 10.3. The average Bonchev–Trinajstić information content (AvgIpc) is 2.86. The Bertz CT molecular complexity index is 1270. The van der Waals surface area contributed by atoms with E-state index in [4.69, 9.17) is 23.2 Å². The van der Waals surface area contributed by atoms with Crippen molar-refractivity contribution in [3.63, 3.8) is 0 Å². The van der Waals surface area contributed by atoms with Crippen molar-refractivity contribution < 1.29 is 0 Å². The standard InChI is InChI=1S/C26H30Cl2N4O2/c27-21-5-3-7-23(24(21)28)31-16-14-30(15-17-31)13-12-18-8-10-19(11-9-18)32-25(33)20-4-1-2-6-22(20)29-26(32)34/h1-7,18-19H,8-17H2,(H,29,34). The highest BCUT2D eigenvalue weighted by Gasteiger charge is 2.26. The Kier molecular flexibility index (Phi) is 7.00. The van der Waals surface area contributed by atoms with E-state index in [1.54, 1.807) is 12.1 Å². The van der Waals surface area contributed by atoms with Crippen molar-refractivity contribution in [2.45, 2.75) is 38.1 Å². The van der Waals surface area contributed by atoms with Crippen molar-refractivity contribution in [2.24, 2.45) is 5.92 Å². The Morgan fingerprint density at radius 2 is 1.62 bits per heavy atom. The van der Waals surface area contributed by atoms with Gasteiger partial charge in [0.15, 0.2) is 0 Å². The molecule has 1 N–H and O–H groups in total. The summed E-state index contributed by atoms with van der Waals surface area (Å²) in [5.41, 5.74) is 1.18. The van der Waals surface area contributed by atoms with E-state index in [1.165, 1.54) is 4.57 Å². The van der Waals surface area contributed by atoms with Gasteiger partial charge in [-0.1, -0.05) is 41.4 Å². The zero-order valence-electron chi connectivity index (χ0n) is 19.2. The van der Waals surface area contributed by atoms with Gasteiger partial charge in [-0.15, -0.1) is 0 Å². The number of para-hydroxylation sites is 1. The van der Waals surface area contributed by atoms with Crippen LogP contribution in [0.2, 0.25) is 10.0 Å². The third kappa shape index (κ3) is 4.77. The normalized spacial score (nSPS) is 21.8. The van der Waals surface area contributed by atoms with Crippen molar-refractivity contribution in [3.05, 3.63) is 73.3 Å². The molecule has 0 amide bonds. The summed E-state index contributed by atoms with van der Waals surface area (Å²) in [6.45, 7) is 5.00. The summed E-state index contributed by atoms with van der Waals surface area (Å²) in [5, 5.41) is 1.83. The fraction of sp³-hybridized carbons (Fsp3) is 0.462. The first kappa shape index (κ1) is 23.5. The quantitative estimate of drug-likeness (QED) is 0.538. The highest BCUT2D eigenvalue weighted by Crippen LogP contribution is 2.34. The molecule has 3 aromatic rings. The molecule has 34 heavy (non-hydrogen) atoms. The monoisotopic (exact) mass is 500 g/mol. The van der Waals surface area contributed by atoms with E-state index in [0.717, 1.165) is 70.5 Å². The molecule has 1 aliphatic heterocycles. The predicted octanol–water partition coefficient (Wildman–Crippen LogP) is 4.94. The van der Waals surface area contributed by atoms with E-state index in [2.05, 4.69) is 14.8 Å². The van der Waals surface area contributed by atoms with Gasteiger partial charge < -0.3 is 9.88 Å². The lowest BCUT2D eigenvalue weighted by Crippen LogP contribution is -2.47. The Labute approximate surface area is 209 Å². The van der Waals surface area contributed by atoms with E-state index in [-0.39, 0.29) is 17.3 Å². The van der Waals surface area contributed by atoms with Crippen LogP contribution in [0.3, 0.4) is 0 Å². The number of aromatic amines is 1. The maximum absolute atomic E-state index is 12.9. The third-order valence-electron chi connectivity index (χ3n) is 7.52. The Morgan fingerprint density at radius 1 is 0.882 bits per heavy atom. The molecule has 5 rings (SSSR count). The number of anilines is 1. The van der Waals surface area contributed by atoms with Gasteiger partial charge in [0.25, 0.3) is 5.56 Å². The van der Waals surface area contributed by atoms with Gasteiger partial charge in [0.2, 0.25) is 0 Å². The highest BCUT2D eigenvalue weighted by atomic mass is 35.5. The van der Waals surface area contributed by atoms with Gasteiger partial charge in [0.05, 0.1) is 26.6 Å². The van der Waals surface area contributed by atoms with Gasteiger partial charge in [-0.25, -0.2) is 4.79 Å². The second kappa shape index (κ2) is 10.1. The number of H-pyrrole nitrogens is 1. The van der Waals surface area contributed by atoms with Crippen LogP contribution in [0.1, 0.15) is 38.1 Å². The van der Waals surface area contributed by atoms with E-state index in [0.29, 0.717) is 26.9 Å². The number of hydrogen-bond acceptors (Lipinski definition) is 4. The minimum Gasteiger partial charge on any atom is -0.368 e. The number of fused-ring (bicyclic) bond motifs is 1. The average molecular weight is 501 g/mol.